The van der Waals surface area contributed by atoms with Crippen LogP contribution in [-0.2, 0) is 0 Å². The first kappa shape index (κ1) is 7.62. The molecule has 1 aromatic rings. The first-order valence-electron chi connectivity index (χ1n) is 4.28. The van der Waals surface area contributed by atoms with Gasteiger partial charge < -0.3 is 10.2 Å². The fourth-order valence-electron chi connectivity index (χ4n) is 1.31. The van der Waals surface area contributed by atoms with Gasteiger partial charge in [-0.05, 0) is 17.7 Å². The SMILES string of the molecule is CN(C)c1cccc(C2CN2)c1. The van der Waals surface area contributed by atoms with Crippen LogP contribution in [0.1, 0.15) is 11.6 Å². The molecule has 1 heterocycles. The minimum absolute atomic E-state index is 0.616. The van der Waals surface area contributed by atoms with Crippen molar-refractivity contribution in [3.05, 3.63) is 29.8 Å². The zero-order valence-corrected chi connectivity index (χ0v) is 7.54. The summed E-state index contributed by atoms with van der Waals surface area (Å²) in [7, 11) is 4.14. The van der Waals surface area contributed by atoms with Crippen molar-refractivity contribution in [2.24, 2.45) is 0 Å². The van der Waals surface area contributed by atoms with Crippen LogP contribution in [-0.4, -0.2) is 20.6 Å². The lowest BCUT2D eigenvalue weighted by Gasteiger charge is -2.12. The number of rotatable bonds is 2. The Morgan fingerprint density at radius 2 is 2.17 bits per heavy atom. The van der Waals surface area contributed by atoms with Gasteiger partial charge in [0.05, 0.1) is 0 Å². The second-order valence-corrected chi connectivity index (χ2v) is 3.45. The summed E-state index contributed by atoms with van der Waals surface area (Å²) in [6.07, 6.45) is 0. The quantitative estimate of drug-likeness (QED) is 0.665. The number of nitrogens with one attached hydrogen (secondary N) is 1. The van der Waals surface area contributed by atoms with Gasteiger partial charge in [0, 0.05) is 32.4 Å². The normalized spacial score (nSPS) is 20.7. The highest BCUT2D eigenvalue weighted by atomic mass is 15.1. The Kier molecular flexibility index (Phi) is 1.77. The number of hydrogen-bond acceptors (Lipinski definition) is 2. The first-order valence-corrected chi connectivity index (χ1v) is 4.28. The van der Waals surface area contributed by atoms with Crippen LogP contribution in [0.5, 0.6) is 0 Å². The van der Waals surface area contributed by atoms with Gasteiger partial charge in [-0.2, -0.15) is 0 Å². The molecule has 1 aromatic carbocycles. The highest BCUT2D eigenvalue weighted by Crippen LogP contribution is 2.24. The van der Waals surface area contributed by atoms with E-state index in [1.807, 2.05) is 0 Å². The standard InChI is InChI=1S/C10H14N2/c1-12(2)9-5-3-4-8(6-9)10-7-11-10/h3-6,10-11H,7H2,1-2H3. The molecule has 0 aromatic heterocycles. The van der Waals surface area contributed by atoms with Crippen molar-refractivity contribution in [1.82, 2.24) is 5.32 Å². The van der Waals surface area contributed by atoms with E-state index in [-0.39, 0.29) is 0 Å². The lowest BCUT2D eigenvalue weighted by Crippen LogP contribution is -2.08. The molecule has 1 N–H and O–H groups in total. The molecule has 12 heavy (non-hydrogen) atoms. The maximum Gasteiger partial charge on any atom is 0.0448 e. The third-order valence-electron chi connectivity index (χ3n) is 2.20. The van der Waals surface area contributed by atoms with Crippen molar-refractivity contribution < 1.29 is 0 Å². The topological polar surface area (TPSA) is 25.2 Å². The minimum atomic E-state index is 0.616. The molecular formula is C10H14N2. The van der Waals surface area contributed by atoms with Crippen molar-refractivity contribution in [3.8, 4) is 0 Å². The second-order valence-electron chi connectivity index (χ2n) is 3.45. The summed E-state index contributed by atoms with van der Waals surface area (Å²) in [6, 6.07) is 9.28. The summed E-state index contributed by atoms with van der Waals surface area (Å²) in [5.74, 6) is 0. The molecule has 1 aliphatic rings. The van der Waals surface area contributed by atoms with Crippen molar-refractivity contribution in [1.29, 1.82) is 0 Å². The van der Waals surface area contributed by atoms with E-state index >= 15 is 0 Å². The largest absolute Gasteiger partial charge is 0.378 e. The third-order valence-corrected chi connectivity index (χ3v) is 2.20. The van der Waals surface area contributed by atoms with E-state index in [1.54, 1.807) is 0 Å². The molecule has 2 rings (SSSR count). The van der Waals surface area contributed by atoms with E-state index in [4.69, 9.17) is 0 Å². The van der Waals surface area contributed by atoms with E-state index in [9.17, 15) is 0 Å². The monoisotopic (exact) mass is 162 g/mol. The van der Waals surface area contributed by atoms with Gasteiger partial charge in [0.2, 0.25) is 0 Å². The summed E-state index contributed by atoms with van der Waals surface area (Å²) in [4.78, 5) is 2.13. The van der Waals surface area contributed by atoms with E-state index in [0.717, 1.165) is 6.54 Å². The van der Waals surface area contributed by atoms with E-state index < -0.39 is 0 Å². The molecule has 0 spiro atoms. The summed E-state index contributed by atoms with van der Waals surface area (Å²) >= 11 is 0. The number of nitrogens with zero attached hydrogens (tertiary/aromatic N) is 1. The highest BCUT2D eigenvalue weighted by Gasteiger charge is 2.21. The average Bonchev–Trinajstić information content (AvgIpc) is 2.87. The molecule has 2 heteroatoms. The fraction of sp³-hybridized carbons (Fsp3) is 0.400. The van der Waals surface area contributed by atoms with Crippen molar-refractivity contribution in [2.75, 3.05) is 25.5 Å². The van der Waals surface area contributed by atoms with Crippen molar-refractivity contribution >= 4 is 5.69 Å². The van der Waals surface area contributed by atoms with Gasteiger partial charge >= 0.3 is 0 Å². The molecule has 1 fully saturated rings. The Bertz CT molecular complexity index is 260. The molecule has 0 bridgehead atoms. The van der Waals surface area contributed by atoms with Crippen LogP contribution in [0.3, 0.4) is 0 Å². The maximum atomic E-state index is 3.30. The van der Waals surface area contributed by atoms with Crippen molar-refractivity contribution in [2.45, 2.75) is 6.04 Å². The van der Waals surface area contributed by atoms with E-state index in [1.165, 1.54) is 11.3 Å². The van der Waals surface area contributed by atoms with Crippen LogP contribution in [0.2, 0.25) is 0 Å². The van der Waals surface area contributed by atoms with Gasteiger partial charge in [0.1, 0.15) is 0 Å². The van der Waals surface area contributed by atoms with Gasteiger partial charge in [-0.25, -0.2) is 0 Å². The van der Waals surface area contributed by atoms with Crippen LogP contribution >= 0.6 is 0 Å². The van der Waals surface area contributed by atoms with Gasteiger partial charge in [-0.15, -0.1) is 0 Å². The summed E-state index contributed by atoms with van der Waals surface area (Å²) in [5.41, 5.74) is 2.68. The molecule has 64 valence electrons. The molecule has 0 radical (unpaired) electrons. The summed E-state index contributed by atoms with van der Waals surface area (Å²) in [6.45, 7) is 1.14. The van der Waals surface area contributed by atoms with Gasteiger partial charge in [0.15, 0.2) is 0 Å². The third kappa shape index (κ3) is 1.43. The fourth-order valence-corrected chi connectivity index (χ4v) is 1.31. The van der Waals surface area contributed by atoms with E-state index in [2.05, 4.69) is 48.6 Å². The molecule has 2 nitrogen and oxygen atoms in total. The van der Waals surface area contributed by atoms with Crippen LogP contribution in [0.25, 0.3) is 0 Å². The Balaban J connectivity index is 2.26. The highest BCUT2D eigenvalue weighted by molar-refractivity contribution is 5.48. The van der Waals surface area contributed by atoms with E-state index in [0.29, 0.717) is 6.04 Å². The lowest BCUT2D eigenvalue weighted by atomic mass is 10.1. The predicted molar refractivity (Wildman–Crippen MR) is 51.5 cm³/mol. The average molecular weight is 162 g/mol. The molecule has 0 saturated carbocycles. The molecule has 1 aliphatic heterocycles. The Morgan fingerprint density at radius 1 is 1.42 bits per heavy atom. The molecule has 1 saturated heterocycles. The maximum absolute atomic E-state index is 3.30. The van der Waals surface area contributed by atoms with Gasteiger partial charge in [0.25, 0.3) is 0 Å². The Morgan fingerprint density at radius 3 is 2.75 bits per heavy atom. The smallest absolute Gasteiger partial charge is 0.0448 e. The van der Waals surface area contributed by atoms with Crippen LogP contribution in [0, 0.1) is 0 Å². The molecule has 1 atom stereocenters. The second kappa shape index (κ2) is 2.79. The zero-order valence-electron chi connectivity index (χ0n) is 7.54. The summed E-state index contributed by atoms with van der Waals surface area (Å²) in [5, 5.41) is 3.30. The van der Waals surface area contributed by atoms with Crippen LogP contribution in [0.4, 0.5) is 5.69 Å². The molecular weight excluding hydrogens is 148 g/mol. The number of hydrogen-bond donors (Lipinski definition) is 1. The first-order chi connectivity index (χ1) is 5.77. The van der Waals surface area contributed by atoms with Gasteiger partial charge in [-0.3, -0.25) is 0 Å². The zero-order chi connectivity index (χ0) is 8.55. The molecule has 0 aliphatic carbocycles. The van der Waals surface area contributed by atoms with Gasteiger partial charge in [-0.1, -0.05) is 12.1 Å². The van der Waals surface area contributed by atoms with Crippen LogP contribution in [0.15, 0.2) is 24.3 Å². The predicted octanol–water partition coefficient (Wildman–Crippen LogP) is 1.40. The number of anilines is 1. The molecule has 1 unspecified atom stereocenters. The number of benzene rings is 1. The Labute approximate surface area is 73.2 Å². The van der Waals surface area contributed by atoms with Crippen molar-refractivity contribution in [3.63, 3.8) is 0 Å². The molecule has 0 amide bonds. The Hall–Kier alpha value is -1.02. The summed E-state index contributed by atoms with van der Waals surface area (Å²) < 4.78 is 0. The minimum Gasteiger partial charge on any atom is -0.378 e. The van der Waals surface area contributed by atoms with Crippen LogP contribution < -0.4 is 10.2 Å². The lowest BCUT2D eigenvalue weighted by molar-refractivity contribution is 1.06.